The lowest BCUT2D eigenvalue weighted by molar-refractivity contribution is -0.197. The van der Waals surface area contributed by atoms with E-state index in [2.05, 4.69) is 5.32 Å². The predicted octanol–water partition coefficient (Wildman–Crippen LogP) is 4.47. The minimum absolute atomic E-state index is 0.00196. The lowest BCUT2D eigenvalue weighted by atomic mass is 10.1. The summed E-state index contributed by atoms with van der Waals surface area (Å²) >= 11 is 0. The van der Waals surface area contributed by atoms with Gasteiger partial charge >= 0.3 is 17.9 Å². The summed E-state index contributed by atoms with van der Waals surface area (Å²) < 4.78 is 10.7. The summed E-state index contributed by atoms with van der Waals surface area (Å²) in [6.07, 6.45) is 4.92. The quantitative estimate of drug-likeness (QED) is 0.139. The maximum Gasteiger partial charge on any atom is 0.333 e. The number of imide groups is 1. The molecule has 11 nitrogen and oxygen atoms in total. The summed E-state index contributed by atoms with van der Waals surface area (Å²) in [7, 11) is 0. The molecule has 44 heavy (non-hydrogen) atoms. The molecule has 3 rings (SSSR count). The summed E-state index contributed by atoms with van der Waals surface area (Å²) in [5, 5.41) is 3.09. The van der Waals surface area contributed by atoms with E-state index in [-0.39, 0.29) is 57.2 Å². The van der Waals surface area contributed by atoms with Crippen molar-refractivity contribution in [1.82, 2.24) is 10.4 Å². The highest BCUT2D eigenvalue weighted by atomic mass is 16.7. The number of amides is 3. The van der Waals surface area contributed by atoms with Crippen LogP contribution in [0.3, 0.4) is 0 Å². The third kappa shape index (κ3) is 12.8. The maximum absolute atomic E-state index is 12.8. The van der Waals surface area contributed by atoms with E-state index in [1.165, 1.54) is 0 Å². The Balaban J connectivity index is 1.33. The highest BCUT2D eigenvalue weighted by Crippen LogP contribution is 2.15. The van der Waals surface area contributed by atoms with E-state index < -0.39 is 29.8 Å². The number of hydroxylamine groups is 2. The fourth-order valence-corrected chi connectivity index (χ4v) is 4.48. The van der Waals surface area contributed by atoms with E-state index in [1.54, 1.807) is 24.3 Å². The van der Waals surface area contributed by atoms with E-state index in [1.807, 2.05) is 36.4 Å². The van der Waals surface area contributed by atoms with Gasteiger partial charge in [0.15, 0.2) is 0 Å². The van der Waals surface area contributed by atoms with Crippen molar-refractivity contribution in [2.45, 2.75) is 96.3 Å². The number of rotatable bonds is 19. The number of carbonyl (C=O) groups excluding carboxylic acids is 6. The summed E-state index contributed by atoms with van der Waals surface area (Å²) in [6.45, 7) is 0.274. The van der Waals surface area contributed by atoms with Gasteiger partial charge in [0.25, 0.3) is 11.8 Å². The van der Waals surface area contributed by atoms with Gasteiger partial charge in [0.1, 0.15) is 19.3 Å². The van der Waals surface area contributed by atoms with Crippen molar-refractivity contribution in [1.29, 1.82) is 0 Å². The molecule has 236 valence electrons. The molecule has 0 aliphatic carbocycles. The number of ether oxygens (including phenoxy) is 2. The molecule has 0 spiro atoms. The first kappa shape index (κ1) is 34.0. The van der Waals surface area contributed by atoms with Crippen LogP contribution in [-0.4, -0.2) is 46.7 Å². The molecule has 0 bridgehead atoms. The smallest absolute Gasteiger partial charge is 0.333 e. The highest BCUT2D eigenvalue weighted by Gasteiger charge is 2.33. The SMILES string of the molecule is O=C(CCCCCCCCC(=O)OCc1ccccc1)N[C@@H](CCC(=O)ON1C(=O)CCC1=O)C(=O)OCc1ccccc1. The second kappa shape index (κ2) is 18.9. The maximum atomic E-state index is 12.8. The first-order chi connectivity index (χ1) is 21.3. The zero-order valence-electron chi connectivity index (χ0n) is 24.9. The third-order valence-corrected chi connectivity index (χ3v) is 6.96. The van der Waals surface area contributed by atoms with E-state index in [9.17, 15) is 28.8 Å². The van der Waals surface area contributed by atoms with Crippen molar-refractivity contribution in [3.63, 3.8) is 0 Å². The molecule has 0 saturated carbocycles. The van der Waals surface area contributed by atoms with Crippen LogP contribution in [0.4, 0.5) is 0 Å². The van der Waals surface area contributed by atoms with Gasteiger partial charge in [-0.2, -0.15) is 0 Å². The summed E-state index contributed by atoms with van der Waals surface area (Å²) in [6, 6.07) is 17.4. The molecule has 1 N–H and O–H groups in total. The molecule has 3 amide bonds. The Kier molecular flexibility index (Phi) is 14.6. The molecular weight excluding hydrogens is 568 g/mol. The number of hydrogen-bond donors (Lipinski definition) is 1. The molecule has 11 heteroatoms. The molecule has 1 saturated heterocycles. The lowest BCUT2D eigenvalue weighted by Crippen LogP contribution is -2.42. The van der Waals surface area contributed by atoms with Gasteiger partial charge in [0.2, 0.25) is 5.91 Å². The summed E-state index contributed by atoms with van der Waals surface area (Å²) in [5.74, 6) is -3.34. The highest BCUT2D eigenvalue weighted by molar-refractivity contribution is 6.01. The van der Waals surface area contributed by atoms with Crippen LogP contribution < -0.4 is 5.32 Å². The van der Waals surface area contributed by atoms with Crippen LogP contribution in [0.25, 0.3) is 0 Å². The van der Waals surface area contributed by atoms with Crippen LogP contribution in [0.1, 0.15) is 88.2 Å². The van der Waals surface area contributed by atoms with Crippen LogP contribution >= 0.6 is 0 Å². The molecule has 1 heterocycles. The van der Waals surface area contributed by atoms with E-state index in [0.717, 1.165) is 43.2 Å². The van der Waals surface area contributed by atoms with Gasteiger partial charge in [0.05, 0.1) is 6.42 Å². The number of nitrogens with zero attached hydrogens (tertiary/aromatic N) is 1. The molecule has 0 radical (unpaired) electrons. The summed E-state index contributed by atoms with van der Waals surface area (Å²) in [4.78, 5) is 77.9. The summed E-state index contributed by atoms with van der Waals surface area (Å²) in [5.41, 5.74) is 1.72. The first-order valence-corrected chi connectivity index (χ1v) is 15.1. The number of unbranched alkanes of at least 4 members (excludes halogenated alkanes) is 5. The van der Waals surface area contributed by atoms with Gasteiger partial charge in [0, 0.05) is 25.7 Å². The monoisotopic (exact) mass is 608 g/mol. The number of esters is 2. The second-order valence-corrected chi connectivity index (χ2v) is 10.6. The average molecular weight is 609 g/mol. The van der Waals surface area contributed by atoms with Crippen LogP contribution in [0.5, 0.6) is 0 Å². The molecule has 1 aliphatic heterocycles. The Labute approximate surface area is 257 Å². The van der Waals surface area contributed by atoms with Crippen LogP contribution in [0, 0.1) is 0 Å². The number of nitrogens with one attached hydrogen (secondary N) is 1. The molecule has 0 aromatic heterocycles. The minimum atomic E-state index is -1.11. The second-order valence-electron chi connectivity index (χ2n) is 10.6. The van der Waals surface area contributed by atoms with E-state index in [4.69, 9.17) is 14.3 Å². The van der Waals surface area contributed by atoms with Gasteiger partial charge in [-0.1, -0.05) is 86.3 Å². The Bertz CT molecular complexity index is 1230. The van der Waals surface area contributed by atoms with Gasteiger partial charge in [-0.25, -0.2) is 9.59 Å². The third-order valence-electron chi connectivity index (χ3n) is 6.96. The van der Waals surface area contributed by atoms with E-state index in [0.29, 0.717) is 17.9 Å². The molecular formula is C33H40N2O9. The van der Waals surface area contributed by atoms with Crippen molar-refractivity contribution in [2.75, 3.05) is 0 Å². The molecule has 1 aliphatic rings. The fourth-order valence-electron chi connectivity index (χ4n) is 4.48. The van der Waals surface area contributed by atoms with Gasteiger partial charge in [-0.05, 0) is 30.4 Å². The fraction of sp³-hybridized carbons (Fsp3) is 0.455. The van der Waals surface area contributed by atoms with Crippen LogP contribution in [-0.2, 0) is 56.3 Å². The Hall–Kier alpha value is -4.54. The number of benzene rings is 2. The topological polar surface area (TPSA) is 145 Å². The Morgan fingerprint density at radius 1 is 0.659 bits per heavy atom. The normalized spacial score (nSPS) is 13.3. The largest absolute Gasteiger partial charge is 0.461 e. The molecule has 1 fully saturated rings. The number of hydrogen-bond acceptors (Lipinski definition) is 9. The zero-order chi connectivity index (χ0) is 31.6. The Morgan fingerprint density at radius 2 is 1.18 bits per heavy atom. The van der Waals surface area contributed by atoms with Crippen LogP contribution in [0.15, 0.2) is 60.7 Å². The molecule has 2 aromatic rings. The predicted molar refractivity (Wildman–Crippen MR) is 158 cm³/mol. The Morgan fingerprint density at radius 3 is 1.77 bits per heavy atom. The lowest BCUT2D eigenvalue weighted by Gasteiger charge is -2.18. The number of carbonyl (C=O) groups is 6. The molecule has 0 unspecified atom stereocenters. The average Bonchev–Trinajstić information content (AvgIpc) is 3.35. The van der Waals surface area contributed by atoms with Crippen LogP contribution in [0.2, 0.25) is 0 Å². The zero-order valence-corrected chi connectivity index (χ0v) is 24.9. The first-order valence-electron chi connectivity index (χ1n) is 15.1. The molecule has 1 atom stereocenters. The van der Waals surface area contributed by atoms with Gasteiger partial charge in [-0.3, -0.25) is 19.2 Å². The van der Waals surface area contributed by atoms with Crippen molar-refractivity contribution in [2.24, 2.45) is 0 Å². The van der Waals surface area contributed by atoms with E-state index >= 15 is 0 Å². The van der Waals surface area contributed by atoms with Gasteiger partial charge < -0.3 is 19.6 Å². The molecule has 2 aromatic carbocycles. The minimum Gasteiger partial charge on any atom is -0.461 e. The van der Waals surface area contributed by atoms with Gasteiger partial charge in [-0.15, -0.1) is 5.06 Å². The standard InChI is InChI=1S/C33H40N2O9/c36-28(17-11-3-1-2-4-12-18-31(39)42-23-25-13-7-5-8-14-25)34-27(33(41)43-24-26-15-9-6-10-16-26)19-22-32(40)44-35-29(37)20-21-30(35)38/h5-10,13-16,27H,1-4,11-12,17-24H2,(H,34,36)/t27-/m0/s1. The van der Waals surface area contributed by atoms with Crippen molar-refractivity contribution in [3.8, 4) is 0 Å². The van der Waals surface area contributed by atoms with Crippen molar-refractivity contribution in [3.05, 3.63) is 71.8 Å². The van der Waals surface area contributed by atoms with Crippen molar-refractivity contribution >= 4 is 35.6 Å². The van der Waals surface area contributed by atoms with Crippen molar-refractivity contribution < 1.29 is 43.1 Å².